The Kier molecular flexibility index (Phi) is 40.2. The smallest absolute Gasteiger partial charge is 0.394 e. The zero-order valence-corrected chi connectivity index (χ0v) is 47.5. The van der Waals surface area contributed by atoms with Crippen molar-refractivity contribution < 1.29 is 78.7 Å². The summed E-state index contributed by atoms with van der Waals surface area (Å²) < 4.78 is 35.2. The van der Waals surface area contributed by atoms with Gasteiger partial charge in [0.1, 0.15) is 61.0 Å². The third-order valence-electron chi connectivity index (χ3n) is 15.5. The Hall–Kier alpha value is -0.900. The van der Waals surface area contributed by atoms with Gasteiger partial charge >= 0.3 is 7.82 Å². The van der Waals surface area contributed by atoms with E-state index in [0.717, 1.165) is 51.4 Å². The van der Waals surface area contributed by atoms with Crippen molar-refractivity contribution in [1.29, 1.82) is 0 Å². The standard InChI is InChI=1S/C56H111N2O16P/c1-3-5-7-9-11-13-15-17-18-19-20-21-22-23-24-25-26-27-29-31-33-35-37-39-45(61)58-42(47(62)43(60)38-36-34-32-30-28-16-14-12-10-8-6-4-2)41-71-75(69,70)74-55-53(68)51(66)50(65)52(67)54(55)73-56-46(57)49(64)48(63)44(40-59)72-56/h42-44,46-56,59-60,62-68H,3-41,57H2,1-2H3,(H,58,61)(H,69,70)/t42-,43+,44+,46+,47-,48+,49+,50+,51+,52-,53+,54+,55+,56+/m0/s1. The van der Waals surface area contributed by atoms with E-state index >= 15 is 0 Å². The topological polar surface area (TPSA) is 311 Å². The number of unbranched alkanes of at least 4 members (excludes halogenated alkanes) is 33. The molecule has 1 amide bonds. The first-order chi connectivity index (χ1) is 36.1. The van der Waals surface area contributed by atoms with Crippen LogP contribution in [0.1, 0.15) is 251 Å². The minimum atomic E-state index is -5.38. The summed E-state index contributed by atoms with van der Waals surface area (Å²) in [5, 5.41) is 98.3. The highest BCUT2D eigenvalue weighted by Crippen LogP contribution is 2.48. The summed E-state index contributed by atoms with van der Waals surface area (Å²) in [5.41, 5.74) is 5.98. The summed E-state index contributed by atoms with van der Waals surface area (Å²) in [5.74, 6) is -0.467. The van der Waals surface area contributed by atoms with Gasteiger partial charge < -0.3 is 71.4 Å². The van der Waals surface area contributed by atoms with E-state index in [-0.39, 0.29) is 12.8 Å². The molecule has 0 spiro atoms. The number of aliphatic hydroxyl groups excluding tert-OH is 9. The Morgan fingerprint density at radius 2 is 0.920 bits per heavy atom. The van der Waals surface area contributed by atoms with E-state index in [0.29, 0.717) is 12.8 Å². The number of hydrogen-bond donors (Lipinski definition) is 12. The number of hydrogen-bond acceptors (Lipinski definition) is 16. The molecule has 2 rings (SSSR count). The van der Waals surface area contributed by atoms with E-state index < -0.39 is 112 Å². The lowest BCUT2D eigenvalue weighted by atomic mass is 9.84. The molecule has 18 nitrogen and oxygen atoms in total. The largest absolute Gasteiger partial charge is 0.472 e. The maximum Gasteiger partial charge on any atom is 0.472 e. The number of aliphatic hydroxyl groups is 9. The molecule has 1 saturated heterocycles. The number of nitrogens with two attached hydrogens (primary N) is 1. The van der Waals surface area contributed by atoms with Crippen molar-refractivity contribution in [3.05, 3.63) is 0 Å². The van der Waals surface area contributed by atoms with Gasteiger partial charge in [-0.1, -0.05) is 232 Å². The molecule has 0 aromatic carbocycles. The molecule has 2 fully saturated rings. The van der Waals surface area contributed by atoms with Gasteiger partial charge in [-0.2, -0.15) is 0 Å². The van der Waals surface area contributed by atoms with Crippen molar-refractivity contribution in [3.63, 3.8) is 0 Å². The molecule has 75 heavy (non-hydrogen) atoms. The predicted octanol–water partition coefficient (Wildman–Crippen LogP) is 7.78. The van der Waals surface area contributed by atoms with Crippen LogP contribution in [0.25, 0.3) is 0 Å². The number of carbonyl (C=O) groups excluding carboxylic acids is 1. The van der Waals surface area contributed by atoms with Crippen molar-refractivity contribution in [3.8, 4) is 0 Å². The lowest BCUT2D eigenvalue weighted by Gasteiger charge is -2.47. The average molecular weight is 1100 g/mol. The molecule has 0 bridgehead atoms. The van der Waals surface area contributed by atoms with E-state index in [1.54, 1.807) is 0 Å². The second kappa shape index (κ2) is 42.9. The van der Waals surface area contributed by atoms with Crippen LogP contribution in [0.15, 0.2) is 0 Å². The fraction of sp³-hybridized carbons (Fsp3) is 0.982. The third kappa shape index (κ3) is 29.9. The molecule has 446 valence electrons. The first kappa shape index (κ1) is 70.2. The number of phosphoric acid groups is 1. The maximum atomic E-state index is 13.6. The van der Waals surface area contributed by atoms with Gasteiger partial charge in [0.05, 0.1) is 31.4 Å². The highest BCUT2D eigenvalue weighted by atomic mass is 31.2. The number of rotatable bonds is 48. The first-order valence-electron chi connectivity index (χ1n) is 30.2. The molecule has 1 aliphatic carbocycles. The van der Waals surface area contributed by atoms with Crippen LogP contribution in [0.3, 0.4) is 0 Å². The monoisotopic (exact) mass is 1100 g/mol. The van der Waals surface area contributed by atoms with Crippen molar-refractivity contribution in [2.75, 3.05) is 13.2 Å². The zero-order chi connectivity index (χ0) is 55.3. The maximum absolute atomic E-state index is 13.6. The number of phosphoric ester groups is 1. The molecular weight excluding hydrogens is 988 g/mol. The van der Waals surface area contributed by atoms with Crippen LogP contribution >= 0.6 is 7.82 Å². The molecule has 0 radical (unpaired) electrons. The summed E-state index contributed by atoms with van der Waals surface area (Å²) in [6, 6.07) is -2.92. The highest BCUT2D eigenvalue weighted by Gasteiger charge is 2.55. The molecule has 1 heterocycles. The second-order valence-corrected chi connectivity index (χ2v) is 23.5. The van der Waals surface area contributed by atoms with E-state index in [1.165, 1.54) is 161 Å². The molecule has 13 N–H and O–H groups in total. The molecule has 15 atom stereocenters. The minimum Gasteiger partial charge on any atom is -0.394 e. The van der Waals surface area contributed by atoms with E-state index in [9.17, 15) is 60.2 Å². The Morgan fingerprint density at radius 3 is 1.32 bits per heavy atom. The fourth-order valence-corrected chi connectivity index (χ4v) is 11.4. The quantitative estimate of drug-likeness (QED) is 0.0204. The SMILES string of the molecule is CCCCCCCCCCCCCCCCCCCCCCCCCC(=O)N[C@@H](COP(=O)(O)O[C@@H]1[C@H](O)[C@H](O)[C@@H](O)[C@H](O)[C@H]1O[C@H]1O[C@H](CO)[C@@H](O)[C@H](O)[C@H]1N)[C@H](O)[C@H](O)CCCCCCCCCCCCCC. The van der Waals surface area contributed by atoms with Crippen molar-refractivity contribution in [2.24, 2.45) is 5.73 Å². The van der Waals surface area contributed by atoms with Crippen molar-refractivity contribution in [2.45, 2.75) is 337 Å². The van der Waals surface area contributed by atoms with Crippen LogP contribution in [0.2, 0.25) is 0 Å². The van der Waals surface area contributed by atoms with Crippen LogP contribution in [0, 0.1) is 0 Å². The van der Waals surface area contributed by atoms with Gasteiger partial charge in [-0.3, -0.25) is 13.8 Å². The normalized spacial score (nSPS) is 27.2. The Morgan fingerprint density at radius 1 is 0.547 bits per heavy atom. The van der Waals surface area contributed by atoms with E-state index in [4.69, 9.17) is 24.3 Å². The Bertz CT molecular complexity index is 1430. The van der Waals surface area contributed by atoms with Gasteiger partial charge in [-0.15, -0.1) is 0 Å². The second-order valence-electron chi connectivity index (χ2n) is 22.1. The molecule has 0 aromatic rings. The van der Waals surface area contributed by atoms with Gasteiger partial charge in [0.25, 0.3) is 0 Å². The fourth-order valence-electron chi connectivity index (χ4n) is 10.4. The average Bonchev–Trinajstić information content (AvgIpc) is 3.39. The zero-order valence-electron chi connectivity index (χ0n) is 46.6. The molecule has 0 aromatic heterocycles. The summed E-state index contributed by atoms with van der Waals surface area (Å²) in [6.07, 6.45) is 20.3. The van der Waals surface area contributed by atoms with Crippen molar-refractivity contribution >= 4 is 13.7 Å². The molecule has 1 aliphatic heterocycles. The summed E-state index contributed by atoms with van der Waals surface area (Å²) in [4.78, 5) is 24.3. The van der Waals surface area contributed by atoms with Gasteiger partial charge in [0, 0.05) is 6.42 Å². The Balaban J connectivity index is 1.86. The molecular formula is C56H111N2O16P. The Labute approximate surface area is 452 Å². The number of nitrogens with one attached hydrogen (secondary N) is 1. The van der Waals surface area contributed by atoms with Crippen LogP contribution in [0.5, 0.6) is 0 Å². The van der Waals surface area contributed by atoms with Crippen molar-refractivity contribution in [1.82, 2.24) is 5.32 Å². The molecule has 1 unspecified atom stereocenters. The highest BCUT2D eigenvalue weighted by molar-refractivity contribution is 7.47. The minimum absolute atomic E-state index is 0.101. The summed E-state index contributed by atoms with van der Waals surface area (Å²) >= 11 is 0. The van der Waals surface area contributed by atoms with Gasteiger partial charge in [-0.25, -0.2) is 4.57 Å². The summed E-state index contributed by atoms with van der Waals surface area (Å²) in [6.45, 7) is 2.83. The molecule has 1 saturated carbocycles. The van der Waals surface area contributed by atoms with Crippen LogP contribution in [-0.2, 0) is 27.9 Å². The summed E-state index contributed by atoms with van der Waals surface area (Å²) in [7, 11) is -5.38. The lowest BCUT2D eigenvalue weighted by molar-refractivity contribution is -0.315. The molecule has 2 aliphatic rings. The van der Waals surface area contributed by atoms with Gasteiger partial charge in [0.15, 0.2) is 6.29 Å². The number of carbonyl (C=O) groups is 1. The van der Waals surface area contributed by atoms with E-state index in [2.05, 4.69) is 19.2 Å². The number of ether oxygens (including phenoxy) is 2. The van der Waals surface area contributed by atoms with Crippen LogP contribution in [0.4, 0.5) is 0 Å². The lowest BCUT2D eigenvalue weighted by Crippen LogP contribution is -2.68. The van der Waals surface area contributed by atoms with Gasteiger partial charge in [-0.05, 0) is 12.8 Å². The predicted molar refractivity (Wildman–Crippen MR) is 291 cm³/mol. The third-order valence-corrected chi connectivity index (χ3v) is 16.4. The van der Waals surface area contributed by atoms with Crippen LogP contribution < -0.4 is 11.1 Å². The number of amides is 1. The first-order valence-corrected chi connectivity index (χ1v) is 31.7. The van der Waals surface area contributed by atoms with Gasteiger partial charge in [0.2, 0.25) is 5.91 Å². The van der Waals surface area contributed by atoms with Crippen LogP contribution in [-0.4, -0.2) is 155 Å². The molecule has 19 heteroatoms. The van der Waals surface area contributed by atoms with E-state index in [1.807, 2.05) is 0 Å².